The third-order valence-corrected chi connectivity index (χ3v) is 5.47. The molecule has 0 aliphatic rings. The first-order chi connectivity index (χ1) is 13.1. The van der Waals surface area contributed by atoms with E-state index in [4.69, 9.17) is 9.47 Å². The van der Waals surface area contributed by atoms with Gasteiger partial charge in [0.25, 0.3) is 0 Å². The van der Waals surface area contributed by atoms with Crippen LogP contribution in [0.4, 0.5) is 0 Å². The lowest BCUT2D eigenvalue weighted by Gasteiger charge is -2.19. The van der Waals surface area contributed by atoms with Crippen LogP contribution in [0.1, 0.15) is 18.0 Å². The number of benzene rings is 2. The van der Waals surface area contributed by atoms with Gasteiger partial charge in [-0.1, -0.05) is 36.4 Å². The Labute approximate surface area is 160 Å². The number of fused-ring (bicyclic) bond motifs is 1. The highest BCUT2D eigenvalue weighted by Gasteiger charge is 2.22. The standard InChI is InChI=1S/C20H20N2O4S/c1-25-18-10-9-14-6-3-4-8-16(14)20(18)27(24)22-17(12-19(23)26-2)15-7-5-11-21-13-15/h3-11,13,17,22H,12H2,1-2H3/t17-,27+/m0/s1. The number of aromatic nitrogens is 1. The van der Waals surface area contributed by atoms with Crippen LogP contribution >= 0.6 is 0 Å². The van der Waals surface area contributed by atoms with Gasteiger partial charge in [-0.25, -0.2) is 8.93 Å². The van der Waals surface area contributed by atoms with Crippen LogP contribution in [0.15, 0.2) is 65.8 Å². The largest absolute Gasteiger partial charge is 0.495 e. The topological polar surface area (TPSA) is 77.5 Å². The molecule has 6 nitrogen and oxygen atoms in total. The van der Waals surface area contributed by atoms with Gasteiger partial charge in [-0.05, 0) is 23.1 Å². The van der Waals surface area contributed by atoms with E-state index in [0.29, 0.717) is 10.6 Å². The molecule has 0 spiro atoms. The number of pyridine rings is 1. The van der Waals surface area contributed by atoms with Crippen LogP contribution in [0.2, 0.25) is 0 Å². The summed E-state index contributed by atoms with van der Waals surface area (Å²) in [6.45, 7) is 0. The Morgan fingerprint density at radius 1 is 1.15 bits per heavy atom. The molecule has 3 rings (SSSR count). The van der Waals surface area contributed by atoms with Gasteiger partial charge < -0.3 is 9.47 Å². The predicted octanol–water partition coefficient (Wildman–Crippen LogP) is 3.16. The van der Waals surface area contributed by atoms with Crippen LogP contribution in [0.5, 0.6) is 5.75 Å². The summed E-state index contributed by atoms with van der Waals surface area (Å²) in [4.78, 5) is 16.5. The van der Waals surface area contributed by atoms with E-state index >= 15 is 0 Å². The summed E-state index contributed by atoms with van der Waals surface area (Å²) in [7, 11) is 1.24. The second kappa shape index (κ2) is 8.75. The van der Waals surface area contributed by atoms with Gasteiger partial charge in [0, 0.05) is 17.8 Å². The number of esters is 1. The van der Waals surface area contributed by atoms with Crippen molar-refractivity contribution in [3.05, 3.63) is 66.5 Å². The Kier molecular flexibility index (Phi) is 6.16. The molecule has 2 atom stereocenters. The monoisotopic (exact) mass is 384 g/mol. The minimum Gasteiger partial charge on any atom is -0.495 e. The highest BCUT2D eigenvalue weighted by atomic mass is 32.2. The van der Waals surface area contributed by atoms with Crippen molar-refractivity contribution < 1.29 is 18.5 Å². The first kappa shape index (κ1) is 19.0. The van der Waals surface area contributed by atoms with Crippen LogP contribution < -0.4 is 9.46 Å². The first-order valence-corrected chi connectivity index (χ1v) is 9.49. The lowest BCUT2D eigenvalue weighted by Crippen LogP contribution is -2.27. The second-order valence-corrected chi connectivity index (χ2v) is 7.01. The van der Waals surface area contributed by atoms with E-state index in [-0.39, 0.29) is 6.42 Å². The molecule has 3 aromatic rings. The molecular formula is C20H20N2O4S. The number of ether oxygens (including phenoxy) is 2. The number of hydrogen-bond donors (Lipinski definition) is 1. The Bertz CT molecular complexity index is 963. The van der Waals surface area contributed by atoms with E-state index in [1.807, 2.05) is 36.4 Å². The summed E-state index contributed by atoms with van der Waals surface area (Å²) in [6.07, 6.45) is 3.31. The maximum Gasteiger partial charge on any atom is 0.307 e. The number of hydrogen-bond acceptors (Lipinski definition) is 5. The van der Waals surface area contributed by atoms with Crippen molar-refractivity contribution in [3.63, 3.8) is 0 Å². The molecular weight excluding hydrogens is 364 g/mol. The Balaban J connectivity index is 1.99. The molecule has 140 valence electrons. The van der Waals surface area contributed by atoms with E-state index in [2.05, 4.69) is 9.71 Å². The average Bonchev–Trinajstić information content (AvgIpc) is 2.72. The van der Waals surface area contributed by atoms with Crippen LogP contribution in [-0.2, 0) is 20.5 Å². The molecule has 27 heavy (non-hydrogen) atoms. The summed E-state index contributed by atoms with van der Waals surface area (Å²) in [6, 6.07) is 14.4. The third-order valence-electron chi connectivity index (χ3n) is 4.18. The molecule has 1 N–H and O–H groups in total. The van der Waals surface area contributed by atoms with Crippen molar-refractivity contribution in [3.8, 4) is 5.75 Å². The molecule has 0 fully saturated rings. The van der Waals surface area contributed by atoms with Gasteiger partial charge >= 0.3 is 5.97 Å². The van der Waals surface area contributed by atoms with Gasteiger partial charge in [0.1, 0.15) is 21.6 Å². The molecule has 0 bridgehead atoms. The van der Waals surface area contributed by atoms with Crippen molar-refractivity contribution in [2.24, 2.45) is 0 Å². The van der Waals surface area contributed by atoms with Gasteiger partial charge in [-0.3, -0.25) is 9.78 Å². The highest BCUT2D eigenvalue weighted by molar-refractivity contribution is 7.83. The van der Waals surface area contributed by atoms with Crippen LogP contribution in [0, 0.1) is 0 Å². The van der Waals surface area contributed by atoms with Crippen molar-refractivity contribution in [1.82, 2.24) is 9.71 Å². The first-order valence-electron chi connectivity index (χ1n) is 8.34. The minimum absolute atomic E-state index is 0.0288. The number of carbonyl (C=O) groups excluding carboxylic acids is 1. The highest BCUT2D eigenvalue weighted by Crippen LogP contribution is 2.31. The second-order valence-electron chi connectivity index (χ2n) is 5.82. The smallest absolute Gasteiger partial charge is 0.307 e. The third kappa shape index (κ3) is 4.32. The molecule has 0 aliphatic carbocycles. The fourth-order valence-corrected chi connectivity index (χ4v) is 4.14. The number of nitrogens with one attached hydrogen (secondary N) is 1. The fourth-order valence-electron chi connectivity index (χ4n) is 2.82. The van der Waals surface area contributed by atoms with Gasteiger partial charge in [-0.2, -0.15) is 0 Å². The van der Waals surface area contributed by atoms with Crippen molar-refractivity contribution >= 4 is 27.7 Å². The van der Waals surface area contributed by atoms with E-state index in [1.54, 1.807) is 24.5 Å². The number of methoxy groups -OCH3 is 2. The molecule has 0 radical (unpaired) electrons. The molecule has 7 heteroatoms. The van der Waals surface area contributed by atoms with Crippen LogP contribution in [0.3, 0.4) is 0 Å². The summed E-state index contributed by atoms with van der Waals surface area (Å²) in [5, 5.41) is 1.78. The van der Waals surface area contributed by atoms with Crippen LogP contribution in [-0.4, -0.2) is 29.4 Å². The Morgan fingerprint density at radius 2 is 1.96 bits per heavy atom. The lowest BCUT2D eigenvalue weighted by molar-refractivity contribution is -0.141. The normalized spacial score (nSPS) is 13.1. The van der Waals surface area contributed by atoms with Crippen molar-refractivity contribution in [1.29, 1.82) is 0 Å². The predicted molar refractivity (Wildman–Crippen MR) is 104 cm³/mol. The number of rotatable bonds is 7. The summed E-state index contributed by atoms with van der Waals surface area (Å²) in [5.41, 5.74) is 0.746. The molecule has 2 aromatic carbocycles. The van der Waals surface area contributed by atoms with Gasteiger partial charge in [-0.15, -0.1) is 0 Å². The summed E-state index contributed by atoms with van der Waals surface area (Å²) in [5.74, 6) is 0.112. The van der Waals surface area contributed by atoms with Crippen molar-refractivity contribution in [2.75, 3.05) is 14.2 Å². The Morgan fingerprint density at radius 3 is 2.67 bits per heavy atom. The minimum atomic E-state index is -1.63. The van der Waals surface area contributed by atoms with E-state index in [9.17, 15) is 9.00 Å². The molecule has 0 aliphatic heterocycles. The average molecular weight is 384 g/mol. The zero-order chi connectivity index (χ0) is 19.2. The summed E-state index contributed by atoms with van der Waals surface area (Å²) < 4.78 is 26.5. The van der Waals surface area contributed by atoms with Gasteiger partial charge in [0.2, 0.25) is 0 Å². The number of carbonyl (C=O) groups is 1. The van der Waals surface area contributed by atoms with Gasteiger partial charge in [0.15, 0.2) is 0 Å². The zero-order valence-corrected chi connectivity index (χ0v) is 15.9. The van der Waals surface area contributed by atoms with E-state index in [0.717, 1.165) is 16.3 Å². The molecule has 1 aromatic heterocycles. The molecule has 0 saturated heterocycles. The zero-order valence-electron chi connectivity index (χ0n) is 15.0. The Hall–Kier alpha value is -2.77. The SMILES string of the molecule is COC(=O)C[C@H](N[S@](=O)c1c(OC)ccc2ccccc12)c1cccnc1. The molecule has 0 saturated carbocycles. The fraction of sp³-hybridized carbons (Fsp3) is 0.200. The van der Waals surface area contributed by atoms with Crippen molar-refractivity contribution in [2.45, 2.75) is 17.4 Å². The van der Waals surface area contributed by atoms with E-state index < -0.39 is 23.0 Å². The molecule has 1 heterocycles. The maximum absolute atomic E-state index is 13.2. The molecule has 0 amide bonds. The number of nitrogens with zero attached hydrogens (tertiary/aromatic N) is 1. The van der Waals surface area contributed by atoms with Gasteiger partial charge in [0.05, 0.1) is 26.7 Å². The maximum atomic E-state index is 13.2. The summed E-state index contributed by atoms with van der Waals surface area (Å²) >= 11 is 0. The quantitative estimate of drug-likeness (QED) is 0.633. The lowest BCUT2D eigenvalue weighted by atomic mass is 10.1. The molecule has 0 unspecified atom stereocenters. The van der Waals surface area contributed by atoms with E-state index in [1.165, 1.54) is 14.2 Å². The van der Waals surface area contributed by atoms with Crippen LogP contribution in [0.25, 0.3) is 10.8 Å².